The standard InChI is InChI=1S/C16H20ClNO3/c1-3-8-15(2,14(20)21)18-13(19)16(9-10-16)11-4-6-12(17)7-5-11/h4-7H,3,8-10H2,1-2H3,(H,18,19)(H,20,21). The zero-order valence-electron chi connectivity index (χ0n) is 12.3. The van der Waals surface area contributed by atoms with E-state index < -0.39 is 16.9 Å². The van der Waals surface area contributed by atoms with Gasteiger partial charge in [-0.1, -0.05) is 37.1 Å². The molecule has 0 heterocycles. The summed E-state index contributed by atoms with van der Waals surface area (Å²) in [5.74, 6) is -1.20. The highest BCUT2D eigenvalue weighted by Gasteiger charge is 2.53. The number of amides is 1. The molecule has 21 heavy (non-hydrogen) atoms. The minimum absolute atomic E-state index is 0.205. The zero-order valence-corrected chi connectivity index (χ0v) is 13.0. The first-order valence-corrected chi connectivity index (χ1v) is 7.54. The predicted octanol–water partition coefficient (Wildman–Crippen LogP) is 3.13. The van der Waals surface area contributed by atoms with Crippen molar-refractivity contribution >= 4 is 23.5 Å². The Kier molecular flexibility index (Phi) is 4.28. The molecule has 2 rings (SSSR count). The zero-order chi connectivity index (χ0) is 15.7. The maximum atomic E-state index is 12.6. The van der Waals surface area contributed by atoms with Crippen molar-refractivity contribution in [3.05, 3.63) is 34.9 Å². The molecule has 1 aromatic carbocycles. The molecule has 2 N–H and O–H groups in total. The Morgan fingerprint density at radius 3 is 2.33 bits per heavy atom. The number of carbonyl (C=O) groups excluding carboxylic acids is 1. The van der Waals surface area contributed by atoms with E-state index in [4.69, 9.17) is 11.6 Å². The molecule has 0 bridgehead atoms. The lowest BCUT2D eigenvalue weighted by Crippen LogP contribution is -2.54. The van der Waals surface area contributed by atoms with Gasteiger partial charge in [-0.25, -0.2) is 4.79 Å². The summed E-state index contributed by atoms with van der Waals surface area (Å²) in [5, 5.41) is 12.7. The molecule has 1 aromatic rings. The van der Waals surface area contributed by atoms with E-state index in [1.165, 1.54) is 0 Å². The Balaban J connectivity index is 2.19. The van der Waals surface area contributed by atoms with Gasteiger partial charge in [-0.3, -0.25) is 4.79 Å². The van der Waals surface area contributed by atoms with Gasteiger partial charge in [0.2, 0.25) is 5.91 Å². The molecule has 4 nitrogen and oxygen atoms in total. The fourth-order valence-corrected chi connectivity index (χ4v) is 2.76. The molecule has 1 saturated carbocycles. The van der Waals surface area contributed by atoms with Gasteiger partial charge in [-0.15, -0.1) is 0 Å². The maximum absolute atomic E-state index is 12.6. The van der Waals surface area contributed by atoms with Crippen LogP contribution in [0.25, 0.3) is 0 Å². The highest BCUT2D eigenvalue weighted by Crippen LogP contribution is 2.49. The number of aliphatic carboxylic acids is 1. The van der Waals surface area contributed by atoms with Crippen molar-refractivity contribution in [2.45, 2.75) is 50.5 Å². The monoisotopic (exact) mass is 309 g/mol. The van der Waals surface area contributed by atoms with Crippen LogP contribution in [0.15, 0.2) is 24.3 Å². The number of carbonyl (C=O) groups is 2. The molecule has 5 heteroatoms. The lowest BCUT2D eigenvalue weighted by Gasteiger charge is -2.28. The van der Waals surface area contributed by atoms with Crippen molar-refractivity contribution in [3.8, 4) is 0 Å². The third-order valence-electron chi connectivity index (χ3n) is 4.19. The first kappa shape index (κ1) is 15.8. The van der Waals surface area contributed by atoms with Gasteiger partial charge in [-0.2, -0.15) is 0 Å². The molecular weight excluding hydrogens is 290 g/mol. The Labute approximate surface area is 129 Å². The van der Waals surface area contributed by atoms with E-state index in [0.29, 0.717) is 17.9 Å². The molecule has 0 aliphatic heterocycles. The Morgan fingerprint density at radius 1 is 1.33 bits per heavy atom. The van der Waals surface area contributed by atoms with Gasteiger partial charge in [0.1, 0.15) is 5.54 Å². The van der Waals surface area contributed by atoms with Crippen LogP contribution in [0.5, 0.6) is 0 Å². The summed E-state index contributed by atoms with van der Waals surface area (Å²) in [5.41, 5.74) is -0.906. The number of carboxylic acids is 1. The van der Waals surface area contributed by atoms with E-state index in [2.05, 4.69) is 5.32 Å². The van der Waals surface area contributed by atoms with E-state index in [0.717, 1.165) is 18.4 Å². The van der Waals surface area contributed by atoms with Crippen molar-refractivity contribution < 1.29 is 14.7 Å². The van der Waals surface area contributed by atoms with Crippen LogP contribution in [0.1, 0.15) is 45.1 Å². The van der Waals surface area contributed by atoms with Crippen LogP contribution in [-0.2, 0) is 15.0 Å². The number of hydrogen-bond donors (Lipinski definition) is 2. The highest BCUT2D eigenvalue weighted by atomic mass is 35.5. The van der Waals surface area contributed by atoms with Crippen LogP contribution in [0.4, 0.5) is 0 Å². The van der Waals surface area contributed by atoms with E-state index in [1.807, 2.05) is 19.1 Å². The lowest BCUT2D eigenvalue weighted by atomic mass is 9.91. The first-order chi connectivity index (χ1) is 9.84. The van der Waals surface area contributed by atoms with Crippen LogP contribution < -0.4 is 5.32 Å². The van der Waals surface area contributed by atoms with Crippen LogP contribution in [0, 0.1) is 0 Å². The van der Waals surface area contributed by atoms with Gasteiger partial charge >= 0.3 is 5.97 Å². The fraction of sp³-hybridized carbons (Fsp3) is 0.500. The van der Waals surface area contributed by atoms with Crippen molar-refractivity contribution in [3.63, 3.8) is 0 Å². The van der Waals surface area contributed by atoms with Crippen molar-refractivity contribution in [2.24, 2.45) is 0 Å². The molecule has 0 radical (unpaired) electrons. The van der Waals surface area contributed by atoms with Gasteiger partial charge in [0.05, 0.1) is 5.41 Å². The molecule has 1 atom stereocenters. The average Bonchev–Trinajstić information content (AvgIpc) is 3.21. The lowest BCUT2D eigenvalue weighted by molar-refractivity contribution is -0.147. The second-order valence-electron chi connectivity index (χ2n) is 5.93. The molecular formula is C16H20ClNO3. The highest BCUT2D eigenvalue weighted by molar-refractivity contribution is 6.30. The minimum Gasteiger partial charge on any atom is -0.480 e. The number of carboxylic acid groups (broad SMARTS) is 1. The summed E-state index contributed by atoms with van der Waals surface area (Å²) in [6.45, 7) is 3.47. The summed E-state index contributed by atoms with van der Waals surface area (Å²) in [6, 6.07) is 7.19. The largest absolute Gasteiger partial charge is 0.480 e. The molecule has 1 unspecified atom stereocenters. The number of nitrogens with one attached hydrogen (secondary N) is 1. The van der Waals surface area contributed by atoms with Gasteiger partial charge in [0.15, 0.2) is 0 Å². The molecule has 114 valence electrons. The van der Waals surface area contributed by atoms with Gasteiger partial charge in [0, 0.05) is 5.02 Å². The van der Waals surface area contributed by atoms with Crippen LogP contribution in [0.2, 0.25) is 5.02 Å². The van der Waals surface area contributed by atoms with Gasteiger partial charge in [-0.05, 0) is 43.9 Å². The summed E-state index contributed by atoms with van der Waals surface area (Å²) in [4.78, 5) is 24.0. The summed E-state index contributed by atoms with van der Waals surface area (Å²) >= 11 is 5.87. The van der Waals surface area contributed by atoms with Crippen LogP contribution in [-0.4, -0.2) is 22.5 Å². The smallest absolute Gasteiger partial charge is 0.329 e. The SMILES string of the molecule is CCCC(C)(NC(=O)C1(c2ccc(Cl)cc2)CC1)C(=O)O. The van der Waals surface area contributed by atoms with Crippen molar-refractivity contribution in [2.75, 3.05) is 0 Å². The van der Waals surface area contributed by atoms with Crippen LogP contribution >= 0.6 is 11.6 Å². The normalized spacial score (nSPS) is 18.6. The Morgan fingerprint density at radius 2 is 1.90 bits per heavy atom. The van der Waals surface area contributed by atoms with Crippen molar-refractivity contribution in [1.29, 1.82) is 0 Å². The van der Waals surface area contributed by atoms with Gasteiger partial charge < -0.3 is 10.4 Å². The Bertz CT molecular complexity index is 551. The number of rotatable bonds is 6. The second kappa shape index (κ2) is 5.68. The summed E-state index contributed by atoms with van der Waals surface area (Å²) in [6.07, 6.45) is 2.58. The minimum atomic E-state index is -1.21. The fourth-order valence-electron chi connectivity index (χ4n) is 2.63. The number of hydrogen-bond acceptors (Lipinski definition) is 2. The third kappa shape index (κ3) is 3.05. The molecule has 0 aromatic heterocycles. The Hall–Kier alpha value is -1.55. The molecule has 1 aliphatic rings. The summed E-state index contributed by atoms with van der Waals surface area (Å²) in [7, 11) is 0. The molecule has 1 fully saturated rings. The topological polar surface area (TPSA) is 66.4 Å². The van der Waals surface area contributed by atoms with Crippen LogP contribution in [0.3, 0.4) is 0 Å². The number of halogens is 1. The summed E-state index contributed by atoms with van der Waals surface area (Å²) < 4.78 is 0. The molecule has 1 aliphatic carbocycles. The molecule has 0 saturated heterocycles. The first-order valence-electron chi connectivity index (χ1n) is 7.16. The van der Waals surface area contributed by atoms with E-state index >= 15 is 0 Å². The second-order valence-corrected chi connectivity index (χ2v) is 6.37. The van der Waals surface area contributed by atoms with Crippen molar-refractivity contribution in [1.82, 2.24) is 5.32 Å². The van der Waals surface area contributed by atoms with E-state index in [1.54, 1.807) is 19.1 Å². The van der Waals surface area contributed by atoms with E-state index in [-0.39, 0.29) is 5.91 Å². The third-order valence-corrected chi connectivity index (χ3v) is 4.44. The van der Waals surface area contributed by atoms with Gasteiger partial charge in [0.25, 0.3) is 0 Å². The number of benzene rings is 1. The van der Waals surface area contributed by atoms with E-state index in [9.17, 15) is 14.7 Å². The maximum Gasteiger partial charge on any atom is 0.329 e. The molecule has 1 amide bonds. The average molecular weight is 310 g/mol. The molecule has 0 spiro atoms. The predicted molar refractivity (Wildman–Crippen MR) is 81.5 cm³/mol. The quantitative estimate of drug-likeness (QED) is 0.848.